The number of carbonyl (C=O) groups excluding carboxylic acids is 4. The molecule has 0 spiro atoms. The minimum Gasteiger partial charge on any atom is -0.481 e. The van der Waals surface area contributed by atoms with Gasteiger partial charge in [-0.05, 0) is 24.0 Å². The van der Waals surface area contributed by atoms with Crippen LogP contribution in [0.25, 0.3) is 0 Å². The smallest absolute Gasteiger partial charge is 0.307 e. The van der Waals surface area contributed by atoms with Gasteiger partial charge in [-0.2, -0.15) is 5.21 Å². The second-order valence-electron chi connectivity index (χ2n) is 9.83. The van der Waals surface area contributed by atoms with Gasteiger partial charge in [0.25, 0.3) is 0 Å². The van der Waals surface area contributed by atoms with Crippen LogP contribution in [0.3, 0.4) is 0 Å². The summed E-state index contributed by atoms with van der Waals surface area (Å²) in [4.78, 5) is 64.6. The van der Waals surface area contributed by atoms with E-state index in [-0.39, 0.29) is 31.2 Å². The molecule has 4 N–H and O–H groups in total. The monoisotopic (exact) mass is 525 g/mol. The lowest BCUT2D eigenvalue weighted by Gasteiger charge is -2.26. The first-order valence-electron chi connectivity index (χ1n) is 12.6. The molecule has 1 unspecified atom stereocenters. The molecule has 3 amide bonds. The van der Waals surface area contributed by atoms with E-state index in [0.29, 0.717) is 30.8 Å². The fourth-order valence-corrected chi connectivity index (χ4v) is 4.85. The Kier molecular flexibility index (Phi) is 8.13. The molecule has 0 saturated heterocycles. The van der Waals surface area contributed by atoms with Crippen LogP contribution in [0.5, 0.6) is 0 Å². The zero-order valence-corrected chi connectivity index (χ0v) is 21.2. The molecule has 4 rings (SSSR count). The number of para-hydroxylation sites is 1. The standard InChI is InChI=1S/C25H31N7O6/c1-3-13(2)15(10-20(33)16-9-17(16)25(37)38)23(35)27-12-22(34)32-18-7-5-4-6-14(18)8-19(32)24(36)26-11-21-28-30-31-29-21/h4-7,13,15-17,19H,3,8-12H2,1-2H3,(H,26,36)(H,27,35)(H,37,38)(H,28,29,30,31)/t13-,15-,16?,17-,19-/m0/s1. The van der Waals surface area contributed by atoms with Crippen LogP contribution >= 0.6 is 0 Å². The number of carboxylic acid groups (broad SMARTS) is 1. The first-order valence-corrected chi connectivity index (χ1v) is 12.6. The molecule has 13 nitrogen and oxygen atoms in total. The molecule has 38 heavy (non-hydrogen) atoms. The van der Waals surface area contributed by atoms with Crippen molar-refractivity contribution in [1.29, 1.82) is 0 Å². The fraction of sp³-hybridized carbons (Fsp3) is 0.520. The van der Waals surface area contributed by atoms with Gasteiger partial charge in [0.1, 0.15) is 11.8 Å². The Balaban J connectivity index is 1.41. The molecule has 5 atom stereocenters. The minimum atomic E-state index is -1.000. The highest BCUT2D eigenvalue weighted by Gasteiger charge is 2.48. The number of benzene rings is 1. The molecular formula is C25H31N7O6. The number of aromatic nitrogens is 4. The molecule has 1 aromatic heterocycles. The highest BCUT2D eigenvalue weighted by atomic mass is 16.4. The van der Waals surface area contributed by atoms with Gasteiger partial charge < -0.3 is 15.7 Å². The maximum Gasteiger partial charge on any atom is 0.307 e. The van der Waals surface area contributed by atoms with Crippen molar-refractivity contribution >= 4 is 35.2 Å². The summed E-state index contributed by atoms with van der Waals surface area (Å²) in [5.41, 5.74) is 1.42. The number of anilines is 1. The molecule has 13 heteroatoms. The Hall–Kier alpha value is -4.16. The highest BCUT2D eigenvalue weighted by Crippen LogP contribution is 2.41. The lowest BCUT2D eigenvalue weighted by atomic mass is 9.85. The Labute approximate surface area is 218 Å². The van der Waals surface area contributed by atoms with Gasteiger partial charge in [0.15, 0.2) is 5.82 Å². The van der Waals surface area contributed by atoms with Gasteiger partial charge in [0.05, 0.1) is 19.0 Å². The lowest BCUT2D eigenvalue weighted by Crippen LogP contribution is -2.51. The van der Waals surface area contributed by atoms with Crippen LogP contribution in [0.4, 0.5) is 5.69 Å². The molecule has 0 radical (unpaired) electrons. The molecule has 2 aromatic rings. The van der Waals surface area contributed by atoms with E-state index in [2.05, 4.69) is 31.3 Å². The van der Waals surface area contributed by atoms with Gasteiger partial charge in [-0.3, -0.25) is 28.9 Å². The van der Waals surface area contributed by atoms with E-state index in [4.69, 9.17) is 5.11 Å². The van der Waals surface area contributed by atoms with Crippen LogP contribution in [-0.2, 0) is 36.9 Å². The minimum absolute atomic E-state index is 0.0370. The number of nitrogens with one attached hydrogen (secondary N) is 3. The average molecular weight is 526 g/mol. The number of aliphatic carboxylic acids is 1. The predicted molar refractivity (Wildman–Crippen MR) is 132 cm³/mol. The number of carboxylic acids is 1. The summed E-state index contributed by atoms with van der Waals surface area (Å²) in [5, 5.41) is 27.8. The maximum atomic E-state index is 13.3. The van der Waals surface area contributed by atoms with Crippen LogP contribution in [0.15, 0.2) is 24.3 Å². The molecule has 202 valence electrons. The van der Waals surface area contributed by atoms with Crippen molar-refractivity contribution in [3.05, 3.63) is 35.7 Å². The zero-order valence-electron chi connectivity index (χ0n) is 21.2. The van der Waals surface area contributed by atoms with Crippen LogP contribution < -0.4 is 15.5 Å². The van der Waals surface area contributed by atoms with E-state index in [9.17, 15) is 24.0 Å². The number of aromatic amines is 1. The van der Waals surface area contributed by atoms with Crippen LogP contribution in [-0.4, -0.2) is 67.8 Å². The first kappa shape index (κ1) is 26.9. The molecular weight excluding hydrogens is 494 g/mol. The molecule has 1 fully saturated rings. The number of tetrazole rings is 1. The Morgan fingerprint density at radius 2 is 1.92 bits per heavy atom. The van der Waals surface area contributed by atoms with E-state index in [1.807, 2.05) is 26.0 Å². The number of hydrogen-bond acceptors (Lipinski definition) is 8. The summed E-state index contributed by atoms with van der Waals surface area (Å²) in [6.07, 6.45) is 1.17. The van der Waals surface area contributed by atoms with Crippen molar-refractivity contribution in [3.8, 4) is 0 Å². The van der Waals surface area contributed by atoms with E-state index in [0.717, 1.165) is 5.56 Å². The number of hydrogen-bond donors (Lipinski definition) is 4. The third-order valence-corrected chi connectivity index (χ3v) is 7.38. The molecule has 1 aliphatic heterocycles. The average Bonchev–Trinajstić information content (AvgIpc) is 3.37. The Morgan fingerprint density at radius 1 is 1.16 bits per heavy atom. The van der Waals surface area contributed by atoms with Gasteiger partial charge in [-0.1, -0.05) is 43.7 Å². The fourth-order valence-electron chi connectivity index (χ4n) is 4.85. The van der Waals surface area contributed by atoms with Crippen molar-refractivity contribution in [2.24, 2.45) is 23.7 Å². The number of carbonyl (C=O) groups is 5. The summed E-state index contributed by atoms with van der Waals surface area (Å²) < 4.78 is 0. The molecule has 1 aliphatic carbocycles. The van der Waals surface area contributed by atoms with Crippen molar-refractivity contribution in [2.45, 2.75) is 52.1 Å². The topological polar surface area (TPSA) is 187 Å². The summed E-state index contributed by atoms with van der Waals surface area (Å²) in [5.74, 6) is -4.32. The molecule has 2 heterocycles. The molecule has 1 aromatic carbocycles. The Morgan fingerprint density at radius 3 is 2.58 bits per heavy atom. The summed E-state index contributed by atoms with van der Waals surface area (Å²) >= 11 is 0. The summed E-state index contributed by atoms with van der Waals surface area (Å²) in [6, 6.07) is 6.36. The molecule has 0 bridgehead atoms. The lowest BCUT2D eigenvalue weighted by molar-refractivity contribution is -0.140. The van der Waals surface area contributed by atoms with Crippen molar-refractivity contribution in [3.63, 3.8) is 0 Å². The first-order chi connectivity index (χ1) is 18.2. The second kappa shape index (κ2) is 11.5. The van der Waals surface area contributed by atoms with Crippen molar-refractivity contribution in [2.75, 3.05) is 11.4 Å². The summed E-state index contributed by atoms with van der Waals surface area (Å²) in [7, 11) is 0. The van der Waals surface area contributed by atoms with Crippen LogP contribution in [0, 0.1) is 23.7 Å². The normalized spacial score (nSPS) is 21.2. The third-order valence-electron chi connectivity index (χ3n) is 7.38. The van der Waals surface area contributed by atoms with Crippen molar-refractivity contribution < 1.29 is 29.1 Å². The van der Waals surface area contributed by atoms with Crippen molar-refractivity contribution in [1.82, 2.24) is 31.3 Å². The number of H-pyrrole nitrogens is 1. The summed E-state index contributed by atoms with van der Waals surface area (Å²) in [6.45, 7) is 3.43. The Bertz CT molecular complexity index is 1220. The second-order valence-corrected chi connectivity index (χ2v) is 9.83. The number of ketones is 1. The predicted octanol–water partition coefficient (Wildman–Crippen LogP) is 0.232. The van der Waals surface area contributed by atoms with Crippen LogP contribution in [0.1, 0.15) is 44.5 Å². The van der Waals surface area contributed by atoms with E-state index in [1.54, 1.807) is 12.1 Å². The third kappa shape index (κ3) is 5.87. The SMILES string of the molecule is CC[C@H](C)[C@H](CC(=O)C1C[C@@H]1C(=O)O)C(=O)NCC(=O)N1c2ccccc2C[C@H]1C(=O)NCc1nn[nH]n1. The quantitative estimate of drug-likeness (QED) is 0.301. The van der Waals surface area contributed by atoms with Crippen LogP contribution in [0.2, 0.25) is 0 Å². The van der Waals surface area contributed by atoms with Gasteiger partial charge >= 0.3 is 5.97 Å². The highest BCUT2D eigenvalue weighted by molar-refractivity contribution is 6.05. The van der Waals surface area contributed by atoms with Gasteiger partial charge in [0.2, 0.25) is 17.7 Å². The largest absolute Gasteiger partial charge is 0.481 e. The maximum absolute atomic E-state index is 13.3. The van der Waals surface area contributed by atoms with Gasteiger partial charge in [0, 0.05) is 30.4 Å². The van der Waals surface area contributed by atoms with E-state index in [1.165, 1.54) is 4.90 Å². The number of nitrogens with zero attached hydrogens (tertiary/aromatic N) is 4. The van der Waals surface area contributed by atoms with Gasteiger partial charge in [-0.15, -0.1) is 10.2 Å². The van der Waals surface area contributed by atoms with E-state index >= 15 is 0 Å². The molecule has 1 saturated carbocycles. The number of Topliss-reactive ketones (excluding diaryl/α,β-unsaturated/α-hetero) is 1. The number of rotatable bonds is 12. The van der Waals surface area contributed by atoms with Gasteiger partial charge in [-0.25, -0.2) is 0 Å². The van der Waals surface area contributed by atoms with E-state index < -0.39 is 47.5 Å². The zero-order chi connectivity index (χ0) is 27.4. The number of amides is 3. The molecule has 2 aliphatic rings. The number of fused-ring (bicyclic) bond motifs is 1.